The third-order valence-corrected chi connectivity index (χ3v) is 3.01. The Hall–Kier alpha value is -3.47. The van der Waals surface area contributed by atoms with Crippen molar-refractivity contribution < 1.29 is 0 Å². The number of nitrogens with zero attached hydrogens (tertiary/aromatic N) is 6. The standard InChI is InChI=1S/C14H12N8/c15-7-12(14-18-20-21-19-14)8-17-13-4-2-1-3-11(13)9-22-6-5-16-10-22/h1-6,8,10,17H,9H2,(H,18,19,20,21). The van der Waals surface area contributed by atoms with Crippen molar-refractivity contribution in [2.75, 3.05) is 5.32 Å². The van der Waals surface area contributed by atoms with Gasteiger partial charge >= 0.3 is 0 Å². The lowest BCUT2D eigenvalue weighted by Gasteiger charge is -2.09. The zero-order chi connectivity index (χ0) is 15.2. The summed E-state index contributed by atoms with van der Waals surface area (Å²) in [7, 11) is 0. The summed E-state index contributed by atoms with van der Waals surface area (Å²) in [4.78, 5) is 4.03. The number of imidazole rings is 1. The molecule has 108 valence electrons. The van der Waals surface area contributed by atoms with Gasteiger partial charge in [-0.15, -0.1) is 10.2 Å². The smallest absolute Gasteiger partial charge is 0.216 e. The Labute approximate surface area is 126 Å². The second kappa shape index (κ2) is 6.32. The van der Waals surface area contributed by atoms with Crippen molar-refractivity contribution in [2.24, 2.45) is 0 Å². The number of nitrogens with one attached hydrogen (secondary N) is 2. The highest BCUT2D eigenvalue weighted by molar-refractivity contribution is 5.74. The molecule has 2 heterocycles. The molecule has 0 radical (unpaired) electrons. The lowest BCUT2D eigenvalue weighted by molar-refractivity contribution is 0.799. The van der Waals surface area contributed by atoms with E-state index in [0.717, 1.165) is 11.3 Å². The van der Waals surface area contributed by atoms with Gasteiger partial charge in [-0.25, -0.2) is 4.98 Å². The van der Waals surface area contributed by atoms with Gasteiger partial charge in [0.25, 0.3) is 0 Å². The predicted octanol–water partition coefficient (Wildman–Crippen LogP) is 1.42. The summed E-state index contributed by atoms with van der Waals surface area (Å²) >= 11 is 0. The number of para-hydroxylation sites is 1. The normalized spacial score (nSPS) is 11.1. The van der Waals surface area contributed by atoms with Gasteiger partial charge in [-0.2, -0.15) is 10.5 Å². The van der Waals surface area contributed by atoms with Crippen molar-refractivity contribution in [2.45, 2.75) is 6.54 Å². The second-order valence-electron chi connectivity index (χ2n) is 4.44. The lowest BCUT2D eigenvalue weighted by atomic mass is 10.1. The van der Waals surface area contributed by atoms with Crippen molar-refractivity contribution in [1.29, 1.82) is 5.26 Å². The maximum atomic E-state index is 9.16. The Morgan fingerprint density at radius 1 is 1.41 bits per heavy atom. The number of nitriles is 1. The number of hydrogen-bond donors (Lipinski definition) is 2. The number of allylic oxidation sites excluding steroid dienone is 1. The Balaban J connectivity index is 1.82. The van der Waals surface area contributed by atoms with Gasteiger partial charge in [-0.3, -0.25) is 0 Å². The molecule has 0 spiro atoms. The zero-order valence-corrected chi connectivity index (χ0v) is 11.5. The van der Waals surface area contributed by atoms with Crippen LogP contribution < -0.4 is 5.32 Å². The fourth-order valence-corrected chi connectivity index (χ4v) is 1.95. The fraction of sp³-hybridized carbons (Fsp3) is 0.0714. The van der Waals surface area contributed by atoms with Crippen LogP contribution in [0.3, 0.4) is 0 Å². The molecule has 2 aromatic heterocycles. The Bertz CT molecular complexity index is 796. The number of aromatic nitrogens is 6. The summed E-state index contributed by atoms with van der Waals surface area (Å²) in [5, 5.41) is 25.6. The minimum Gasteiger partial charge on any atom is -0.360 e. The molecule has 0 amide bonds. The molecule has 3 rings (SSSR count). The van der Waals surface area contributed by atoms with E-state index in [9.17, 15) is 0 Å². The molecule has 3 aromatic rings. The third kappa shape index (κ3) is 2.99. The summed E-state index contributed by atoms with van der Waals surface area (Å²) in [6.07, 6.45) is 6.96. The first-order valence-corrected chi connectivity index (χ1v) is 6.51. The van der Waals surface area contributed by atoms with Gasteiger partial charge in [0.05, 0.1) is 12.9 Å². The van der Waals surface area contributed by atoms with Gasteiger partial charge in [0.15, 0.2) is 0 Å². The van der Waals surface area contributed by atoms with E-state index < -0.39 is 0 Å². The number of rotatable bonds is 5. The molecular weight excluding hydrogens is 280 g/mol. The molecule has 8 heteroatoms. The van der Waals surface area contributed by atoms with Crippen LogP contribution in [0.5, 0.6) is 0 Å². The summed E-state index contributed by atoms with van der Waals surface area (Å²) in [6.45, 7) is 0.682. The van der Waals surface area contributed by atoms with E-state index in [1.807, 2.05) is 41.1 Å². The third-order valence-electron chi connectivity index (χ3n) is 3.01. The van der Waals surface area contributed by atoms with Gasteiger partial charge in [0, 0.05) is 24.3 Å². The molecule has 0 unspecified atom stereocenters. The number of benzene rings is 1. The van der Waals surface area contributed by atoms with Gasteiger partial charge in [0.1, 0.15) is 11.6 Å². The van der Waals surface area contributed by atoms with E-state index in [4.69, 9.17) is 5.26 Å². The summed E-state index contributed by atoms with van der Waals surface area (Å²) < 4.78 is 1.97. The topological polar surface area (TPSA) is 108 Å². The van der Waals surface area contributed by atoms with Crippen LogP contribution in [0.4, 0.5) is 5.69 Å². The van der Waals surface area contributed by atoms with Crippen LogP contribution in [0.15, 0.2) is 49.2 Å². The highest BCUT2D eigenvalue weighted by Crippen LogP contribution is 2.17. The maximum absolute atomic E-state index is 9.16. The van der Waals surface area contributed by atoms with Crippen LogP contribution in [0, 0.1) is 11.3 Å². The van der Waals surface area contributed by atoms with Gasteiger partial charge in [-0.1, -0.05) is 18.2 Å². The molecule has 8 nitrogen and oxygen atoms in total. The molecule has 0 bridgehead atoms. The Morgan fingerprint density at radius 3 is 3.05 bits per heavy atom. The first kappa shape index (κ1) is 13.5. The molecule has 0 atom stereocenters. The summed E-state index contributed by atoms with van der Waals surface area (Å²) in [5.41, 5.74) is 2.26. The van der Waals surface area contributed by atoms with Gasteiger partial charge in [0.2, 0.25) is 5.82 Å². The highest BCUT2D eigenvalue weighted by Gasteiger charge is 2.06. The number of aromatic amines is 1. The minimum absolute atomic E-state index is 0.252. The molecule has 0 fully saturated rings. The Kier molecular flexibility index (Phi) is 3.88. The van der Waals surface area contributed by atoms with Crippen LogP contribution in [-0.4, -0.2) is 30.2 Å². The van der Waals surface area contributed by atoms with Crippen molar-refractivity contribution >= 4 is 11.3 Å². The van der Waals surface area contributed by atoms with E-state index in [1.165, 1.54) is 0 Å². The van der Waals surface area contributed by atoms with Crippen LogP contribution >= 0.6 is 0 Å². The summed E-state index contributed by atoms with van der Waals surface area (Å²) in [5.74, 6) is 0.252. The fourth-order valence-electron chi connectivity index (χ4n) is 1.95. The quantitative estimate of drug-likeness (QED) is 0.688. The number of tetrazole rings is 1. The molecule has 22 heavy (non-hydrogen) atoms. The predicted molar refractivity (Wildman–Crippen MR) is 79.2 cm³/mol. The van der Waals surface area contributed by atoms with Gasteiger partial charge in [-0.05, 0) is 16.8 Å². The minimum atomic E-state index is 0.252. The Morgan fingerprint density at radius 2 is 2.32 bits per heavy atom. The average Bonchev–Trinajstić information content (AvgIpc) is 3.23. The maximum Gasteiger partial charge on any atom is 0.216 e. The molecule has 0 aliphatic rings. The molecule has 0 aliphatic carbocycles. The molecule has 1 aromatic carbocycles. The highest BCUT2D eigenvalue weighted by atomic mass is 15.5. The first-order valence-electron chi connectivity index (χ1n) is 6.51. The molecule has 0 aliphatic heterocycles. The number of anilines is 1. The van der Waals surface area contributed by atoms with Crippen LogP contribution in [0.25, 0.3) is 5.57 Å². The second-order valence-corrected chi connectivity index (χ2v) is 4.44. The molecule has 2 N–H and O–H groups in total. The molecule has 0 saturated carbocycles. The van der Waals surface area contributed by atoms with Crippen molar-refractivity contribution in [3.8, 4) is 6.07 Å². The van der Waals surface area contributed by atoms with E-state index in [2.05, 4.69) is 30.9 Å². The van der Waals surface area contributed by atoms with E-state index in [0.29, 0.717) is 12.1 Å². The molecule has 0 saturated heterocycles. The monoisotopic (exact) mass is 292 g/mol. The van der Waals surface area contributed by atoms with Crippen LogP contribution in [-0.2, 0) is 6.54 Å². The van der Waals surface area contributed by atoms with Crippen molar-refractivity contribution in [3.63, 3.8) is 0 Å². The zero-order valence-electron chi connectivity index (χ0n) is 11.5. The first-order chi connectivity index (χ1) is 10.9. The van der Waals surface area contributed by atoms with Crippen LogP contribution in [0.2, 0.25) is 0 Å². The molecular formula is C14H12N8. The van der Waals surface area contributed by atoms with E-state index >= 15 is 0 Å². The number of hydrogen-bond acceptors (Lipinski definition) is 6. The van der Waals surface area contributed by atoms with Crippen molar-refractivity contribution in [3.05, 3.63) is 60.6 Å². The van der Waals surface area contributed by atoms with Crippen molar-refractivity contribution in [1.82, 2.24) is 30.2 Å². The van der Waals surface area contributed by atoms with Gasteiger partial charge < -0.3 is 9.88 Å². The van der Waals surface area contributed by atoms with Crippen LogP contribution in [0.1, 0.15) is 11.4 Å². The van der Waals surface area contributed by atoms with E-state index in [-0.39, 0.29) is 5.82 Å². The largest absolute Gasteiger partial charge is 0.360 e. The lowest BCUT2D eigenvalue weighted by Crippen LogP contribution is -2.01. The average molecular weight is 292 g/mol. The van der Waals surface area contributed by atoms with E-state index in [1.54, 1.807) is 18.7 Å². The summed E-state index contributed by atoms with van der Waals surface area (Å²) in [6, 6.07) is 9.88. The SMILES string of the molecule is N#CC(=CNc1ccccc1Cn1ccnc1)c1nn[nH]n1. The number of H-pyrrole nitrogens is 1.